The van der Waals surface area contributed by atoms with Crippen LogP contribution < -0.4 is 5.32 Å². The van der Waals surface area contributed by atoms with Crippen molar-refractivity contribution in [1.82, 2.24) is 40.2 Å². The zero-order chi connectivity index (χ0) is 40.9. The highest BCUT2D eigenvalue weighted by molar-refractivity contribution is 6.05. The van der Waals surface area contributed by atoms with E-state index in [4.69, 9.17) is 14.5 Å². The average Bonchev–Trinajstić information content (AvgIpc) is 4.08. The van der Waals surface area contributed by atoms with E-state index in [1.807, 2.05) is 37.1 Å². The van der Waals surface area contributed by atoms with Crippen LogP contribution in [0, 0.1) is 11.8 Å². The molecule has 2 aliphatic heterocycles. The predicted octanol–water partition coefficient (Wildman–Crippen LogP) is 6.97. The number of carbonyl (C=O) groups is 4. The fourth-order valence-electron chi connectivity index (χ4n) is 9.56. The van der Waals surface area contributed by atoms with Crippen molar-refractivity contribution >= 4 is 46.2 Å². The molecule has 0 spiro atoms. The van der Waals surface area contributed by atoms with Crippen molar-refractivity contribution in [3.05, 3.63) is 72.4 Å². The molecule has 5 aromatic rings. The van der Waals surface area contributed by atoms with E-state index in [-0.39, 0.29) is 36.2 Å². The minimum Gasteiger partial charge on any atom is -0.464 e. The van der Waals surface area contributed by atoms with Gasteiger partial charge in [-0.15, -0.1) is 0 Å². The molecular weight excluding hydrogens is 741 g/mol. The third-order valence-electron chi connectivity index (χ3n) is 12.4. The van der Waals surface area contributed by atoms with Crippen LogP contribution in [0.25, 0.3) is 44.2 Å². The maximum absolute atomic E-state index is 13.6. The van der Waals surface area contributed by atoms with Crippen LogP contribution in [0.2, 0.25) is 0 Å². The Balaban J connectivity index is 1.04. The van der Waals surface area contributed by atoms with Crippen molar-refractivity contribution in [3.63, 3.8) is 0 Å². The Hall–Kier alpha value is -5.80. The summed E-state index contributed by atoms with van der Waals surface area (Å²) in [4.78, 5) is 68.3. The fourth-order valence-corrected chi connectivity index (χ4v) is 9.56. The largest absolute Gasteiger partial charge is 0.464 e. The first-order valence-corrected chi connectivity index (χ1v) is 20.0. The molecule has 1 aliphatic carbocycles. The lowest BCUT2D eigenvalue weighted by molar-refractivity contribution is -0.255. The van der Waals surface area contributed by atoms with Gasteiger partial charge in [-0.3, -0.25) is 4.79 Å². The van der Waals surface area contributed by atoms with Gasteiger partial charge in [0.05, 0.1) is 42.1 Å². The number of hydrogen-bond donors (Lipinski definition) is 4. The maximum Gasteiger partial charge on any atom is 0.422 e. The van der Waals surface area contributed by atoms with Crippen molar-refractivity contribution in [2.75, 3.05) is 20.8 Å². The van der Waals surface area contributed by atoms with Crippen LogP contribution in [0.1, 0.15) is 77.0 Å². The second-order valence-electron chi connectivity index (χ2n) is 16.1. The molecule has 304 valence electrons. The third kappa shape index (κ3) is 6.55. The Kier molecular flexibility index (Phi) is 10.4. The van der Waals surface area contributed by atoms with Gasteiger partial charge in [0.2, 0.25) is 5.91 Å². The monoisotopic (exact) mass is 790 g/mol. The summed E-state index contributed by atoms with van der Waals surface area (Å²) in [5.74, 6) is 1.02. The predicted molar refractivity (Wildman–Crippen MR) is 216 cm³/mol. The molecule has 8 rings (SSSR count). The fraction of sp³-hybridized carbons (Fsp3) is 0.442. The molecule has 4 N–H and O–H groups in total. The number of carbonyl (C=O) groups excluding carboxylic acids is 3. The van der Waals surface area contributed by atoms with E-state index in [2.05, 4.69) is 56.7 Å². The molecule has 2 saturated heterocycles. The number of rotatable bonds is 12. The number of nitrogens with zero attached hydrogens (tertiary/aromatic N) is 5. The summed E-state index contributed by atoms with van der Waals surface area (Å²) in [6.07, 6.45) is 4.95. The minimum atomic E-state index is -1.13. The van der Waals surface area contributed by atoms with Gasteiger partial charge >= 0.3 is 12.2 Å². The summed E-state index contributed by atoms with van der Waals surface area (Å²) in [5, 5.41) is 18.1. The number of aromatic nitrogens is 4. The second kappa shape index (κ2) is 15.5. The molecule has 3 fully saturated rings. The Morgan fingerprint density at radius 3 is 2.48 bits per heavy atom. The lowest BCUT2D eigenvalue weighted by Crippen LogP contribution is -2.63. The van der Waals surface area contributed by atoms with E-state index in [1.54, 1.807) is 25.1 Å². The van der Waals surface area contributed by atoms with Crippen molar-refractivity contribution in [2.45, 2.75) is 89.2 Å². The van der Waals surface area contributed by atoms with Gasteiger partial charge in [0.15, 0.2) is 11.5 Å². The SMILES string of the molecule is COC(=O)N[C@H](C(=O)N1CCC[C@H]1c1ncc(-c2ccc(-c3ccc4c(ccc5[nH]c([C@@]6(OC)[C@H]7CC[C@H](C7)N6N(C(=O)O)[C@@H](C)CC=O)nc54)c3)cc2)[nH]1)C(C)C. The molecular formula is C43H50N8O7. The van der Waals surface area contributed by atoms with Crippen molar-refractivity contribution in [3.8, 4) is 22.4 Å². The first-order valence-electron chi connectivity index (χ1n) is 20.0. The minimum absolute atomic E-state index is 0.0171. The highest BCUT2D eigenvalue weighted by atomic mass is 16.5. The zero-order valence-electron chi connectivity index (χ0n) is 33.4. The van der Waals surface area contributed by atoms with Crippen LogP contribution >= 0.6 is 0 Å². The number of alkyl carbamates (subject to hydrolysis) is 1. The molecule has 2 aromatic heterocycles. The van der Waals surface area contributed by atoms with Crippen molar-refractivity contribution in [1.29, 1.82) is 0 Å². The molecule has 15 heteroatoms. The van der Waals surface area contributed by atoms with Crippen LogP contribution in [0.3, 0.4) is 0 Å². The van der Waals surface area contributed by atoms with E-state index in [1.165, 1.54) is 12.1 Å². The summed E-state index contributed by atoms with van der Waals surface area (Å²) in [6, 6.07) is 17.0. The molecule has 58 heavy (non-hydrogen) atoms. The summed E-state index contributed by atoms with van der Waals surface area (Å²) in [7, 11) is 2.89. The standard InChI is InChI=1S/C43H50N8O7/c1-24(2)36(48-41(54)57-4)39(53)49-19-6-7-35(49)38-44-23-34(45-38)27-10-8-26(9-11-27)28-12-16-32-29(21-28)13-17-33-37(32)47-40(46-33)43(58-5)30-14-15-31(22-30)51(43)50(42(55)56)25(3)18-20-52/h8-13,16-17,20-21,23-25,30-31,35-36H,6-7,14-15,18-19,22H2,1-5H3,(H,44,45)(H,46,47)(H,48,54)(H,55,56)/t25-,30-,31+,35-,36-,43-/m0/s1. The van der Waals surface area contributed by atoms with E-state index < -0.39 is 30.0 Å². The first kappa shape index (κ1) is 39.0. The zero-order valence-corrected chi connectivity index (χ0v) is 33.4. The summed E-state index contributed by atoms with van der Waals surface area (Å²) >= 11 is 0. The number of hydrogen-bond acceptors (Lipinski definition) is 9. The van der Waals surface area contributed by atoms with E-state index in [9.17, 15) is 24.3 Å². The highest BCUT2D eigenvalue weighted by Crippen LogP contribution is 2.55. The molecule has 2 bridgehead atoms. The number of fused-ring (bicyclic) bond motifs is 5. The number of carboxylic acid groups (broad SMARTS) is 1. The van der Waals surface area contributed by atoms with Gasteiger partial charge < -0.3 is 39.6 Å². The van der Waals surface area contributed by atoms with Crippen molar-refractivity contribution < 1.29 is 33.8 Å². The Morgan fingerprint density at radius 1 is 1.02 bits per heavy atom. The normalized spacial score (nSPS) is 22.8. The molecule has 6 atom stereocenters. The number of aldehydes is 1. The Labute approximate surface area is 336 Å². The Bertz CT molecular complexity index is 2360. The quantitative estimate of drug-likeness (QED) is 0.0962. The lowest BCUT2D eigenvalue weighted by atomic mass is 9.94. The van der Waals surface area contributed by atoms with Gasteiger partial charge in [0.25, 0.3) is 0 Å². The topological polar surface area (TPSA) is 186 Å². The van der Waals surface area contributed by atoms with Crippen LogP contribution in [0.5, 0.6) is 0 Å². The summed E-state index contributed by atoms with van der Waals surface area (Å²) in [6.45, 7) is 6.12. The summed E-state index contributed by atoms with van der Waals surface area (Å²) < 4.78 is 11.1. The van der Waals surface area contributed by atoms with Gasteiger partial charge in [-0.25, -0.2) is 24.6 Å². The van der Waals surface area contributed by atoms with Crippen molar-refractivity contribution in [2.24, 2.45) is 11.8 Å². The van der Waals surface area contributed by atoms with Gasteiger partial charge in [-0.1, -0.05) is 56.3 Å². The van der Waals surface area contributed by atoms with E-state index in [0.717, 1.165) is 82.6 Å². The number of aromatic amines is 2. The number of amides is 3. The number of H-pyrrole nitrogens is 2. The number of hydrazine groups is 1. The second-order valence-corrected chi connectivity index (χ2v) is 16.1. The van der Waals surface area contributed by atoms with Crippen LogP contribution in [0.4, 0.5) is 9.59 Å². The molecule has 4 heterocycles. The first-order chi connectivity index (χ1) is 28.0. The van der Waals surface area contributed by atoms with Gasteiger partial charge in [-0.05, 0) is 79.2 Å². The van der Waals surface area contributed by atoms with Crippen LogP contribution in [0.15, 0.2) is 60.8 Å². The lowest BCUT2D eigenvalue weighted by Gasteiger charge is -2.49. The van der Waals surface area contributed by atoms with Gasteiger partial charge in [0.1, 0.15) is 18.2 Å². The molecule has 0 unspecified atom stereocenters. The Morgan fingerprint density at radius 2 is 1.78 bits per heavy atom. The number of piperidine rings is 1. The molecule has 3 aliphatic rings. The number of ether oxygens (including phenoxy) is 2. The van der Waals surface area contributed by atoms with E-state index in [0.29, 0.717) is 18.2 Å². The van der Waals surface area contributed by atoms with Gasteiger partial charge in [0, 0.05) is 37.4 Å². The van der Waals surface area contributed by atoms with Crippen LogP contribution in [-0.2, 0) is 24.8 Å². The van der Waals surface area contributed by atoms with Crippen LogP contribution in [-0.4, -0.2) is 103 Å². The third-order valence-corrected chi connectivity index (χ3v) is 12.4. The number of likely N-dealkylation sites (tertiary alicyclic amines) is 1. The molecule has 3 aromatic carbocycles. The molecule has 15 nitrogen and oxygen atoms in total. The van der Waals surface area contributed by atoms with Gasteiger partial charge in [-0.2, -0.15) is 5.01 Å². The number of benzene rings is 3. The summed E-state index contributed by atoms with van der Waals surface area (Å²) in [5.41, 5.74) is 4.34. The molecule has 1 saturated carbocycles. The molecule has 0 radical (unpaired) electrons. The smallest absolute Gasteiger partial charge is 0.422 e. The number of nitrogens with one attached hydrogen (secondary N) is 3. The number of imidazole rings is 2. The highest BCUT2D eigenvalue weighted by Gasteiger charge is 2.63. The molecule has 3 amide bonds. The average molecular weight is 791 g/mol. The maximum atomic E-state index is 13.6. The number of methoxy groups -OCH3 is 2. The van der Waals surface area contributed by atoms with E-state index >= 15 is 0 Å².